The number of carbonyl (C=O) groups is 1. The van der Waals surface area contributed by atoms with Crippen LogP contribution in [0.3, 0.4) is 0 Å². The van der Waals surface area contributed by atoms with Crippen LogP contribution in [0.2, 0.25) is 0 Å². The van der Waals surface area contributed by atoms with E-state index in [-0.39, 0.29) is 5.54 Å². The summed E-state index contributed by atoms with van der Waals surface area (Å²) in [4.78, 5) is 13.4. The lowest BCUT2D eigenvalue weighted by Gasteiger charge is -2.51. The fourth-order valence-corrected chi connectivity index (χ4v) is 5.19. The van der Waals surface area contributed by atoms with Crippen molar-refractivity contribution in [2.45, 2.75) is 123 Å². The van der Waals surface area contributed by atoms with E-state index in [9.17, 15) is 4.79 Å². The molecule has 1 saturated heterocycles. The van der Waals surface area contributed by atoms with Crippen molar-refractivity contribution < 1.29 is 9.90 Å². The van der Waals surface area contributed by atoms with Gasteiger partial charge in [0.1, 0.15) is 0 Å². The van der Waals surface area contributed by atoms with Gasteiger partial charge in [-0.05, 0) is 58.0 Å². The number of rotatable bonds is 15. The van der Waals surface area contributed by atoms with Gasteiger partial charge in [-0.2, -0.15) is 0 Å². The summed E-state index contributed by atoms with van der Waals surface area (Å²) in [7, 11) is 2.27. The summed E-state index contributed by atoms with van der Waals surface area (Å²) in [6.07, 6.45) is 17.2. The first-order valence-electron chi connectivity index (χ1n) is 12.2. The van der Waals surface area contributed by atoms with Crippen molar-refractivity contribution in [1.82, 2.24) is 4.90 Å². The molecule has 3 atom stereocenters. The highest BCUT2D eigenvalue weighted by Gasteiger charge is 2.41. The third-order valence-electron chi connectivity index (χ3n) is 7.79. The van der Waals surface area contributed by atoms with E-state index in [0.717, 1.165) is 24.7 Å². The van der Waals surface area contributed by atoms with Crippen LogP contribution in [0.25, 0.3) is 0 Å². The number of hydrogen-bond donors (Lipinski definition) is 1. The average Bonchev–Trinajstić information content (AvgIpc) is 2.64. The Balaban J connectivity index is 2.48. The highest BCUT2D eigenvalue weighted by molar-refractivity contribution is 5.66. The van der Waals surface area contributed by atoms with Gasteiger partial charge in [-0.25, -0.2) is 0 Å². The summed E-state index contributed by atoms with van der Waals surface area (Å²) >= 11 is 0. The molecule has 1 N–H and O–H groups in total. The molecule has 0 aliphatic carbocycles. The zero-order valence-corrected chi connectivity index (χ0v) is 19.6. The predicted molar refractivity (Wildman–Crippen MR) is 121 cm³/mol. The maximum atomic E-state index is 10.9. The number of carboxylic acid groups (broad SMARTS) is 1. The van der Waals surface area contributed by atoms with Crippen LogP contribution in [0.5, 0.6) is 0 Å². The summed E-state index contributed by atoms with van der Waals surface area (Å²) < 4.78 is 0. The van der Waals surface area contributed by atoms with Crippen LogP contribution in [0, 0.1) is 17.8 Å². The van der Waals surface area contributed by atoms with Crippen molar-refractivity contribution in [3.63, 3.8) is 0 Å². The van der Waals surface area contributed by atoms with Crippen molar-refractivity contribution in [2.75, 3.05) is 13.6 Å². The van der Waals surface area contributed by atoms with Gasteiger partial charge in [0.25, 0.3) is 0 Å². The Labute approximate surface area is 175 Å². The van der Waals surface area contributed by atoms with Crippen LogP contribution >= 0.6 is 0 Å². The fraction of sp³-hybridized carbons (Fsp3) is 0.960. The summed E-state index contributed by atoms with van der Waals surface area (Å²) in [5.41, 5.74) is 0.265. The molecule has 28 heavy (non-hydrogen) atoms. The van der Waals surface area contributed by atoms with Gasteiger partial charge in [-0.1, -0.05) is 84.5 Å². The fourth-order valence-electron chi connectivity index (χ4n) is 5.19. The molecule has 0 amide bonds. The van der Waals surface area contributed by atoms with E-state index >= 15 is 0 Å². The van der Waals surface area contributed by atoms with Crippen molar-refractivity contribution in [3.05, 3.63) is 0 Å². The van der Waals surface area contributed by atoms with Gasteiger partial charge in [0.15, 0.2) is 0 Å². The van der Waals surface area contributed by atoms with E-state index in [1.54, 1.807) is 0 Å². The molecule has 3 heteroatoms. The van der Waals surface area contributed by atoms with Gasteiger partial charge in [-0.3, -0.25) is 4.79 Å². The molecule has 0 radical (unpaired) electrons. The van der Waals surface area contributed by atoms with Gasteiger partial charge in [0.2, 0.25) is 0 Å². The molecule has 1 heterocycles. The van der Waals surface area contributed by atoms with E-state index < -0.39 is 5.97 Å². The first-order valence-corrected chi connectivity index (χ1v) is 12.2. The van der Waals surface area contributed by atoms with Crippen LogP contribution < -0.4 is 0 Å². The smallest absolute Gasteiger partial charge is 0.303 e. The van der Waals surface area contributed by atoms with E-state index in [2.05, 4.69) is 39.6 Å². The Morgan fingerprint density at radius 1 is 1.00 bits per heavy atom. The molecule has 0 aromatic carbocycles. The molecule has 1 rings (SSSR count). The second-order valence-corrected chi connectivity index (χ2v) is 9.98. The topological polar surface area (TPSA) is 40.5 Å². The highest BCUT2D eigenvalue weighted by Crippen LogP contribution is 2.43. The van der Waals surface area contributed by atoms with Crippen molar-refractivity contribution in [2.24, 2.45) is 17.8 Å². The van der Waals surface area contributed by atoms with Gasteiger partial charge in [0, 0.05) is 12.0 Å². The molecule has 0 saturated carbocycles. The van der Waals surface area contributed by atoms with Crippen molar-refractivity contribution in [1.29, 1.82) is 0 Å². The number of piperidine rings is 1. The third kappa shape index (κ3) is 8.84. The summed E-state index contributed by atoms with van der Waals surface area (Å²) in [5, 5.41) is 8.94. The molecule has 166 valence electrons. The molecule has 1 aliphatic heterocycles. The first kappa shape index (κ1) is 25.5. The minimum atomic E-state index is -0.645. The molecule has 1 aliphatic rings. The Bertz CT molecular complexity index is 421. The van der Waals surface area contributed by atoms with Gasteiger partial charge in [0.05, 0.1) is 0 Å². The molecule has 0 aromatic rings. The number of carboxylic acids is 1. The number of hydrogen-bond acceptors (Lipinski definition) is 2. The van der Waals surface area contributed by atoms with Gasteiger partial charge >= 0.3 is 5.97 Å². The van der Waals surface area contributed by atoms with Gasteiger partial charge in [-0.15, -0.1) is 0 Å². The standard InChI is InChI=1S/C25H49NO2/c1-6-7-8-9-10-11-12-13-16-22(17-14-15-18-24(27)28)23-19-20-26(5)25(3,4)21(23)2/h21-23H,6-20H2,1-5H3,(H,27,28). The minimum absolute atomic E-state index is 0.265. The summed E-state index contributed by atoms with van der Waals surface area (Å²) in [6, 6.07) is 0. The van der Waals surface area contributed by atoms with Crippen LogP contribution in [0.15, 0.2) is 0 Å². The second-order valence-electron chi connectivity index (χ2n) is 9.98. The average molecular weight is 396 g/mol. The van der Waals surface area contributed by atoms with E-state index in [1.807, 2.05) is 0 Å². The maximum absolute atomic E-state index is 10.9. The molecule has 0 aromatic heterocycles. The molecule has 0 spiro atoms. The zero-order chi connectivity index (χ0) is 21.0. The predicted octanol–water partition coefficient (Wildman–Crippen LogP) is 7.14. The lowest BCUT2D eigenvalue weighted by Crippen LogP contribution is -2.54. The number of unbranched alkanes of at least 4 members (excludes halogenated alkanes) is 8. The van der Waals surface area contributed by atoms with Crippen molar-refractivity contribution >= 4 is 5.97 Å². The maximum Gasteiger partial charge on any atom is 0.303 e. The molecular formula is C25H49NO2. The normalized spacial score (nSPS) is 23.6. The van der Waals surface area contributed by atoms with E-state index in [1.165, 1.54) is 77.2 Å². The molecule has 1 fully saturated rings. The third-order valence-corrected chi connectivity index (χ3v) is 7.79. The van der Waals surface area contributed by atoms with Crippen LogP contribution in [0.1, 0.15) is 118 Å². The molecule has 0 bridgehead atoms. The Hall–Kier alpha value is -0.570. The first-order chi connectivity index (χ1) is 13.3. The lowest BCUT2D eigenvalue weighted by molar-refractivity contribution is -0.137. The summed E-state index contributed by atoms with van der Waals surface area (Å²) in [5.74, 6) is 1.62. The Morgan fingerprint density at radius 2 is 1.54 bits per heavy atom. The number of nitrogens with zero attached hydrogens (tertiary/aromatic N) is 1. The zero-order valence-electron chi connectivity index (χ0n) is 19.6. The monoisotopic (exact) mass is 395 g/mol. The van der Waals surface area contributed by atoms with Crippen LogP contribution in [0.4, 0.5) is 0 Å². The number of likely N-dealkylation sites (tertiary alicyclic amines) is 1. The number of aliphatic carboxylic acids is 1. The highest BCUT2D eigenvalue weighted by atomic mass is 16.4. The SMILES string of the molecule is CCCCCCCCCCC(CCCCC(=O)O)C1CCN(C)C(C)(C)C1C. The largest absolute Gasteiger partial charge is 0.481 e. The van der Waals surface area contributed by atoms with Gasteiger partial charge < -0.3 is 10.0 Å². The van der Waals surface area contributed by atoms with Crippen LogP contribution in [-0.4, -0.2) is 35.1 Å². The quantitative estimate of drug-likeness (QED) is 0.299. The lowest BCUT2D eigenvalue weighted by atomic mass is 9.66. The minimum Gasteiger partial charge on any atom is -0.481 e. The van der Waals surface area contributed by atoms with E-state index in [0.29, 0.717) is 12.3 Å². The van der Waals surface area contributed by atoms with Crippen LogP contribution in [-0.2, 0) is 4.79 Å². The van der Waals surface area contributed by atoms with E-state index in [4.69, 9.17) is 5.11 Å². The summed E-state index contributed by atoms with van der Waals surface area (Å²) in [6.45, 7) is 10.7. The second kappa shape index (κ2) is 13.6. The molecule has 3 unspecified atom stereocenters. The molecule has 3 nitrogen and oxygen atoms in total. The van der Waals surface area contributed by atoms with Crippen molar-refractivity contribution in [3.8, 4) is 0 Å². The Morgan fingerprint density at radius 3 is 2.11 bits per heavy atom. The molecular weight excluding hydrogens is 346 g/mol. The Kier molecular flexibility index (Phi) is 12.4.